The highest BCUT2D eigenvalue weighted by atomic mass is 16.5. The van der Waals surface area contributed by atoms with Gasteiger partial charge in [0.2, 0.25) is 11.5 Å². The summed E-state index contributed by atoms with van der Waals surface area (Å²) in [5.74, 6) is 1.30. The number of esters is 1. The number of ether oxygens (including phenoxy) is 5. The molecular formula is C26H22O7. The normalized spacial score (nSPS) is 13.3. The van der Waals surface area contributed by atoms with E-state index in [0.29, 0.717) is 39.7 Å². The van der Waals surface area contributed by atoms with Crippen molar-refractivity contribution < 1.29 is 33.3 Å². The van der Waals surface area contributed by atoms with Gasteiger partial charge in [-0.2, -0.15) is 0 Å². The van der Waals surface area contributed by atoms with Crippen molar-refractivity contribution in [2.75, 3.05) is 21.3 Å². The minimum atomic E-state index is -0.493. The molecular weight excluding hydrogens is 424 g/mol. The maximum Gasteiger partial charge on any atom is 0.343 e. The van der Waals surface area contributed by atoms with E-state index in [1.165, 1.54) is 27.4 Å². The average molecular weight is 446 g/mol. The smallest absolute Gasteiger partial charge is 0.343 e. The highest BCUT2D eigenvalue weighted by Gasteiger charge is 2.28. The van der Waals surface area contributed by atoms with Crippen LogP contribution in [0.2, 0.25) is 0 Å². The Labute approximate surface area is 191 Å². The number of hydrogen-bond acceptors (Lipinski definition) is 7. The number of methoxy groups -OCH3 is 3. The third-order valence-corrected chi connectivity index (χ3v) is 5.12. The summed E-state index contributed by atoms with van der Waals surface area (Å²) in [6.07, 6.45) is 1.59. The lowest BCUT2D eigenvalue weighted by molar-refractivity contribution is 0.0734. The van der Waals surface area contributed by atoms with Crippen LogP contribution >= 0.6 is 0 Å². The SMILES string of the molecule is COc1cc(/C=C2\Oc3cc(OC(=O)c4ccc(C)cc4)ccc3C2=O)cc(OC)c1OC. The minimum absolute atomic E-state index is 0.126. The summed E-state index contributed by atoms with van der Waals surface area (Å²) in [7, 11) is 4.55. The summed E-state index contributed by atoms with van der Waals surface area (Å²) in [5.41, 5.74) is 2.49. The van der Waals surface area contributed by atoms with Gasteiger partial charge < -0.3 is 23.7 Å². The topological polar surface area (TPSA) is 80.3 Å². The number of hydrogen-bond donors (Lipinski definition) is 0. The third-order valence-electron chi connectivity index (χ3n) is 5.12. The largest absolute Gasteiger partial charge is 0.493 e. The number of aryl methyl sites for hydroxylation is 1. The van der Waals surface area contributed by atoms with E-state index in [-0.39, 0.29) is 17.3 Å². The first kappa shape index (κ1) is 22.0. The van der Waals surface area contributed by atoms with Gasteiger partial charge >= 0.3 is 5.97 Å². The monoisotopic (exact) mass is 446 g/mol. The second kappa shape index (κ2) is 9.08. The maximum atomic E-state index is 12.8. The van der Waals surface area contributed by atoms with E-state index in [2.05, 4.69) is 0 Å². The fraction of sp³-hybridized carbons (Fsp3) is 0.154. The molecule has 7 heteroatoms. The van der Waals surface area contributed by atoms with E-state index in [9.17, 15) is 9.59 Å². The Morgan fingerprint density at radius 1 is 0.879 bits per heavy atom. The van der Waals surface area contributed by atoms with Crippen LogP contribution in [0.3, 0.4) is 0 Å². The van der Waals surface area contributed by atoms with Gasteiger partial charge in [0.25, 0.3) is 0 Å². The number of Topliss-reactive ketones (excluding diaryl/α,β-unsaturated/α-hetero) is 1. The predicted molar refractivity (Wildman–Crippen MR) is 122 cm³/mol. The van der Waals surface area contributed by atoms with Gasteiger partial charge in [0.15, 0.2) is 17.3 Å². The van der Waals surface area contributed by atoms with Crippen LogP contribution in [-0.4, -0.2) is 33.1 Å². The van der Waals surface area contributed by atoms with Gasteiger partial charge in [0.05, 0.1) is 32.5 Å². The summed E-state index contributed by atoms with van der Waals surface area (Å²) < 4.78 is 27.3. The van der Waals surface area contributed by atoms with Gasteiger partial charge in [-0.1, -0.05) is 17.7 Å². The Kier molecular flexibility index (Phi) is 6.04. The van der Waals surface area contributed by atoms with Crippen LogP contribution < -0.4 is 23.7 Å². The molecule has 0 N–H and O–H groups in total. The maximum absolute atomic E-state index is 12.8. The van der Waals surface area contributed by atoms with Gasteiger partial charge in [0, 0.05) is 6.07 Å². The number of carbonyl (C=O) groups is 2. The first-order chi connectivity index (χ1) is 15.9. The standard InChI is InChI=1S/C26H22O7/c1-15-5-7-17(8-6-15)26(28)32-18-9-10-19-20(14-18)33-21(24(19)27)11-16-12-22(29-2)25(31-4)23(13-16)30-3/h5-14H,1-4H3/b21-11-. The predicted octanol–water partition coefficient (Wildman–Crippen LogP) is 4.86. The number of rotatable bonds is 6. The number of benzene rings is 3. The molecule has 0 unspecified atom stereocenters. The summed E-state index contributed by atoms with van der Waals surface area (Å²) in [5, 5.41) is 0. The van der Waals surface area contributed by atoms with Gasteiger partial charge in [0.1, 0.15) is 11.5 Å². The molecule has 0 fully saturated rings. The summed E-state index contributed by atoms with van der Waals surface area (Å²) in [6, 6.07) is 15.1. The van der Waals surface area contributed by atoms with Crippen LogP contribution in [-0.2, 0) is 0 Å². The van der Waals surface area contributed by atoms with Crippen molar-refractivity contribution >= 4 is 17.8 Å². The van der Waals surface area contributed by atoms with E-state index >= 15 is 0 Å². The molecule has 0 radical (unpaired) electrons. The lowest BCUT2D eigenvalue weighted by atomic mass is 10.1. The molecule has 1 heterocycles. The molecule has 3 aromatic carbocycles. The highest BCUT2D eigenvalue weighted by Crippen LogP contribution is 2.40. The molecule has 0 aromatic heterocycles. The Balaban J connectivity index is 1.58. The molecule has 7 nitrogen and oxygen atoms in total. The number of fused-ring (bicyclic) bond motifs is 1. The minimum Gasteiger partial charge on any atom is -0.493 e. The number of carbonyl (C=O) groups excluding carboxylic acids is 2. The van der Waals surface area contributed by atoms with Crippen LogP contribution in [0.25, 0.3) is 6.08 Å². The van der Waals surface area contributed by atoms with Crippen molar-refractivity contribution in [3.8, 4) is 28.7 Å². The molecule has 4 rings (SSSR count). The van der Waals surface area contributed by atoms with Crippen molar-refractivity contribution in [1.82, 2.24) is 0 Å². The first-order valence-corrected chi connectivity index (χ1v) is 10.1. The fourth-order valence-corrected chi connectivity index (χ4v) is 3.42. The van der Waals surface area contributed by atoms with E-state index in [1.807, 2.05) is 19.1 Å². The first-order valence-electron chi connectivity index (χ1n) is 10.1. The summed E-state index contributed by atoms with van der Waals surface area (Å²) in [4.78, 5) is 25.2. The molecule has 0 aliphatic carbocycles. The summed E-state index contributed by atoms with van der Waals surface area (Å²) >= 11 is 0. The molecule has 0 amide bonds. The molecule has 1 aliphatic rings. The Hall–Kier alpha value is -4.26. The second-order valence-corrected chi connectivity index (χ2v) is 7.31. The molecule has 0 bridgehead atoms. The molecule has 0 spiro atoms. The zero-order valence-corrected chi connectivity index (χ0v) is 18.6. The fourth-order valence-electron chi connectivity index (χ4n) is 3.42. The van der Waals surface area contributed by atoms with E-state index in [0.717, 1.165) is 5.56 Å². The molecule has 0 saturated heterocycles. The lowest BCUT2D eigenvalue weighted by Gasteiger charge is -2.13. The summed E-state index contributed by atoms with van der Waals surface area (Å²) in [6.45, 7) is 1.94. The third kappa shape index (κ3) is 4.39. The van der Waals surface area contributed by atoms with Crippen LogP contribution in [0.1, 0.15) is 31.8 Å². The molecule has 1 aliphatic heterocycles. The van der Waals surface area contributed by atoms with Crippen LogP contribution in [0.5, 0.6) is 28.7 Å². The van der Waals surface area contributed by atoms with Gasteiger partial charge in [-0.15, -0.1) is 0 Å². The lowest BCUT2D eigenvalue weighted by Crippen LogP contribution is -2.08. The molecule has 0 saturated carbocycles. The number of allylic oxidation sites excluding steroid dienone is 1. The zero-order valence-electron chi connectivity index (χ0n) is 18.6. The molecule has 33 heavy (non-hydrogen) atoms. The van der Waals surface area contributed by atoms with Crippen molar-refractivity contribution in [3.63, 3.8) is 0 Å². The molecule has 168 valence electrons. The average Bonchev–Trinajstić information content (AvgIpc) is 3.12. The van der Waals surface area contributed by atoms with Crippen LogP contribution in [0.15, 0.2) is 60.4 Å². The van der Waals surface area contributed by atoms with E-state index < -0.39 is 5.97 Å². The Morgan fingerprint density at radius 3 is 2.15 bits per heavy atom. The van der Waals surface area contributed by atoms with Crippen molar-refractivity contribution in [2.45, 2.75) is 6.92 Å². The molecule has 3 aromatic rings. The quantitative estimate of drug-likeness (QED) is 0.304. The molecule has 0 atom stereocenters. The van der Waals surface area contributed by atoms with Crippen LogP contribution in [0.4, 0.5) is 0 Å². The van der Waals surface area contributed by atoms with Crippen molar-refractivity contribution in [2.24, 2.45) is 0 Å². The van der Waals surface area contributed by atoms with Gasteiger partial charge in [-0.25, -0.2) is 4.79 Å². The Bertz CT molecular complexity index is 1230. The van der Waals surface area contributed by atoms with E-state index in [4.69, 9.17) is 23.7 Å². The van der Waals surface area contributed by atoms with Crippen molar-refractivity contribution in [1.29, 1.82) is 0 Å². The van der Waals surface area contributed by atoms with Crippen molar-refractivity contribution in [3.05, 3.63) is 82.6 Å². The number of ketones is 1. The second-order valence-electron chi connectivity index (χ2n) is 7.31. The zero-order chi connectivity index (χ0) is 23.5. The van der Waals surface area contributed by atoms with Crippen LogP contribution in [0, 0.1) is 6.92 Å². The van der Waals surface area contributed by atoms with Gasteiger partial charge in [-0.05, 0) is 55.0 Å². The Morgan fingerprint density at radius 2 is 1.55 bits per heavy atom. The highest BCUT2D eigenvalue weighted by molar-refractivity contribution is 6.14. The van der Waals surface area contributed by atoms with E-state index in [1.54, 1.807) is 42.5 Å². The van der Waals surface area contributed by atoms with Gasteiger partial charge in [-0.3, -0.25) is 4.79 Å².